The molecule has 0 atom stereocenters. The van der Waals surface area contributed by atoms with E-state index in [-0.39, 0.29) is 22.5 Å². The summed E-state index contributed by atoms with van der Waals surface area (Å²) in [6.07, 6.45) is 6.72. The molecule has 192 valence electrons. The summed E-state index contributed by atoms with van der Waals surface area (Å²) in [7, 11) is -4.77. The number of hydrogen-bond acceptors (Lipinski definition) is 6. The van der Waals surface area contributed by atoms with E-state index in [2.05, 4.69) is 9.97 Å². The fourth-order valence-corrected chi connectivity index (χ4v) is 6.97. The van der Waals surface area contributed by atoms with Gasteiger partial charge in [-0.1, -0.05) is 31.4 Å². The molecule has 12 heteroatoms. The Balaban J connectivity index is 1.60. The van der Waals surface area contributed by atoms with E-state index in [0.29, 0.717) is 10.6 Å². The highest BCUT2D eigenvalue weighted by atomic mass is 35.5. The topological polar surface area (TPSA) is 84.8 Å². The molecule has 2 aromatic heterocycles. The molecule has 0 amide bonds. The van der Waals surface area contributed by atoms with Crippen molar-refractivity contribution in [3.8, 4) is 21.8 Å². The highest BCUT2D eigenvalue weighted by Crippen LogP contribution is 2.43. The van der Waals surface area contributed by atoms with E-state index in [1.807, 2.05) is 4.72 Å². The van der Waals surface area contributed by atoms with Gasteiger partial charge in [-0.3, -0.25) is 4.72 Å². The zero-order chi connectivity index (χ0) is 26.2. The maximum absolute atomic E-state index is 15.8. The highest BCUT2D eigenvalue weighted by molar-refractivity contribution is 7.92. The van der Waals surface area contributed by atoms with Gasteiger partial charge in [0, 0.05) is 17.7 Å². The number of sulfonamides is 1. The summed E-state index contributed by atoms with van der Waals surface area (Å²) in [5.74, 6) is -3.30. The first-order valence-electron chi connectivity index (χ1n) is 11.5. The smallest absolute Gasteiger partial charge is 0.267 e. The number of anilines is 1. The molecule has 1 saturated carbocycles. The Bertz CT molecular complexity index is 1550. The predicted octanol–water partition coefficient (Wildman–Crippen LogP) is 7.19. The average Bonchev–Trinajstić information content (AvgIpc) is 3.31. The van der Waals surface area contributed by atoms with E-state index in [0.717, 1.165) is 55.3 Å². The van der Waals surface area contributed by atoms with Crippen molar-refractivity contribution >= 4 is 38.6 Å². The lowest BCUT2D eigenvalue weighted by atomic mass is 9.90. The van der Waals surface area contributed by atoms with Crippen molar-refractivity contribution in [3.63, 3.8) is 0 Å². The van der Waals surface area contributed by atoms with Crippen molar-refractivity contribution in [2.24, 2.45) is 0 Å². The van der Waals surface area contributed by atoms with Crippen LogP contribution < -0.4 is 4.72 Å². The number of hydrogen-bond donors (Lipinski definition) is 1. The van der Waals surface area contributed by atoms with E-state index in [1.165, 1.54) is 35.7 Å². The standard InChI is InChI=1S/C25H20ClF3N4O2S2/c26-25-30-13-12-19(31-25)22-21(32-24(36-22)14-6-2-1-3-7-14)15-8-4-11-18(20(15)29)33-37(34,35)23-16(27)9-5-10-17(23)28/h4-5,8-14,33H,1-3,6-7H2. The molecule has 0 spiro atoms. The maximum atomic E-state index is 15.8. The van der Waals surface area contributed by atoms with Crippen LogP contribution in [0.3, 0.4) is 0 Å². The van der Waals surface area contributed by atoms with Gasteiger partial charge in [-0.25, -0.2) is 36.5 Å². The monoisotopic (exact) mass is 564 g/mol. The van der Waals surface area contributed by atoms with Gasteiger partial charge in [0.1, 0.15) is 11.6 Å². The van der Waals surface area contributed by atoms with Gasteiger partial charge in [0.2, 0.25) is 5.28 Å². The Morgan fingerprint density at radius 3 is 2.35 bits per heavy atom. The third-order valence-corrected chi connectivity index (χ3v) is 8.98. The van der Waals surface area contributed by atoms with Gasteiger partial charge in [-0.2, -0.15) is 0 Å². The van der Waals surface area contributed by atoms with E-state index < -0.39 is 38.1 Å². The third kappa shape index (κ3) is 5.21. The first-order chi connectivity index (χ1) is 17.7. The average molecular weight is 565 g/mol. The normalized spacial score (nSPS) is 14.6. The van der Waals surface area contributed by atoms with Crippen LogP contribution in [0.2, 0.25) is 5.28 Å². The van der Waals surface area contributed by atoms with Gasteiger partial charge in [-0.15, -0.1) is 11.3 Å². The summed E-state index contributed by atoms with van der Waals surface area (Å²) in [5.41, 5.74) is 0.264. The van der Waals surface area contributed by atoms with Gasteiger partial charge >= 0.3 is 0 Å². The third-order valence-electron chi connectivity index (χ3n) is 6.14. The number of benzene rings is 2. The summed E-state index contributed by atoms with van der Waals surface area (Å²) in [6, 6.07) is 8.37. The van der Waals surface area contributed by atoms with Gasteiger partial charge < -0.3 is 0 Å². The van der Waals surface area contributed by atoms with Crippen molar-refractivity contribution in [1.82, 2.24) is 15.0 Å². The first-order valence-corrected chi connectivity index (χ1v) is 14.2. The van der Waals surface area contributed by atoms with Crippen LogP contribution in [-0.4, -0.2) is 23.4 Å². The number of halogens is 4. The molecule has 1 N–H and O–H groups in total. The van der Waals surface area contributed by atoms with Crippen molar-refractivity contribution in [3.05, 3.63) is 76.4 Å². The molecule has 2 heterocycles. The summed E-state index contributed by atoms with van der Waals surface area (Å²) in [6.45, 7) is 0. The largest absolute Gasteiger partial charge is 0.276 e. The number of aromatic nitrogens is 3. The van der Waals surface area contributed by atoms with Gasteiger partial charge in [0.25, 0.3) is 10.0 Å². The molecule has 2 aromatic carbocycles. The minimum absolute atomic E-state index is 0.0113. The molecule has 0 saturated heterocycles. The predicted molar refractivity (Wildman–Crippen MR) is 137 cm³/mol. The number of thiazole rings is 1. The Hall–Kier alpha value is -3.02. The Kier molecular flexibility index (Phi) is 7.19. The molecule has 1 aliphatic carbocycles. The van der Waals surface area contributed by atoms with E-state index >= 15 is 4.39 Å². The maximum Gasteiger partial charge on any atom is 0.267 e. The Labute approximate surface area is 220 Å². The fraction of sp³-hybridized carbons (Fsp3) is 0.240. The van der Waals surface area contributed by atoms with E-state index in [4.69, 9.17) is 16.6 Å². The molecule has 0 unspecified atom stereocenters. The summed E-state index contributed by atoms with van der Waals surface area (Å²) in [5, 5.41) is 0.850. The molecule has 0 aliphatic heterocycles. The van der Waals surface area contributed by atoms with E-state index in [1.54, 1.807) is 6.07 Å². The lowest BCUT2D eigenvalue weighted by molar-refractivity contribution is 0.442. The highest BCUT2D eigenvalue weighted by Gasteiger charge is 2.28. The van der Waals surface area contributed by atoms with Gasteiger partial charge in [0.15, 0.2) is 10.7 Å². The minimum atomic E-state index is -4.77. The molecule has 1 fully saturated rings. The van der Waals surface area contributed by atoms with Crippen LogP contribution >= 0.6 is 22.9 Å². The molecule has 0 radical (unpaired) electrons. The lowest BCUT2D eigenvalue weighted by Gasteiger charge is -2.18. The van der Waals surface area contributed by atoms with Crippen LogP contribution in [0.15, 0.2) is 53.6 Å². The molecule has 37 heavy (non-hydrogen) atoms. The number of nitrogens with one attached hydrogen (secondary N) is 1. The first kappa shape index (κ1) is 25.6. The number of nitrogens with zero attached hydrogens (tertiary/aromatic N) is 3. The van der Waals surface area contributed by atoms with Crippen molar-refractivity contribution in [1.29, 1.82) is 0 Å². The van der Waals surface area contributed by atoms with Crippen LogP contribution in [-0.2, 0) is 10.0 Å². The molecular weight excluding hydrogens is 545 g/mol. The van der Waals surface area contributed by atoms with Crippen molar-refractivity contribution in [2.75, 3.05) is 4.72 Å². The lowest BCUT2D eigenvalue weighted by Crippen LogP contribution is -2.17. The fourth-order valence-electron chi connectivity index (χ4n) is 4.41. The zero-order valence-corrected chi connectivity index (χ0v) is 21.6. The summed E-state index contributed by atoms with van der Waals surface area (Å²) in [4.78, 5) is 12.3. The molecule has 6 nitrogen and oxygen atoms in total. The Morgan fingerprint density at radius 1 is 0.946 bits per heavy atom. The van der Waals surface area contributed by atoms with Crippen LogP contribution in [0.5, 0.6) is 0 Å². The van der Waals surface area contributed by atoms with Crippen LogP contribution in [0.1, 0.15) is 43.0 Å². The van der Waals surface area contributed by atoms with Crippen LogP contribution in [0, 0.1) is 17.5 Å². The SMILES string of the molecule is O=S(=O)(Nc1cccc(-c2nc(C3CCCCC3)sc2-c2ccnc(Cl)n2)c1F)c1c(F)cccc1F. The number of rotatable bonds is 6. The van der Waals surface area contributed by atoms with Crippen LogP contribution in [0.4, 0.5) is 18.9 Å². The zero-order valence-electron chi connectivity index (χ0n) is 19.2. The van der Waals surface area contributed by atoms with E-state index in [9.17, 15) is 17.2 Å². The molecule has 4 aromatic rings. The molecule has 0 bridgehead atoms. The molecule has 1 aliphatic rings. The molecule has 5 rings (SSSR count). The minimum Gasteiger partial charge on any atom is -0.276 e. The molecular formula is C25H20ClF3N4O2S2. The quantitative estimate of drug-likeness (QED) is 0.251. The van der Waals surface area contributed by atoms with Crippen molar-refractivity contribution < 1.29 is 21.6 Å². The summed E-state index contributed by atoms with van der Waals surface area (Å²) >= 11 is 7.40. The second-order valence-electron chi connectivity index (χ2n) is 8.60. The second-order valence-corrected chi connectivity index (χ2v) is 11.6. The van der Waals surface area contributed by atoms with Crippen LogP contribution in [0.25, 0.3) is 21.8 Å². The van der Waals surface area contributed by atoms with Crippen molar-refractivity contribution in [2.45, 2.75) is 42.9 Å². The Morgan fingerprint density at radius 2 is 1.65 bits per heavy atom. The summed E-state index contributed by atoms with van der Waals surface area (Å²) < 4.78 is 71.7. The second kappa shape index (κ2) is 10.4. The van der Waals surface area contributed by atoms with Gasteiger partial charge in [0.05, 0.1) is 27.0 Å². The van der Waals surface area contributed by atoms with Gasteiger partial charge in [-0.05, 0) is 54.8 Å².